The molecule has 1 heterocycles. The molecule has 2 rings (SSSR count). The van der Waals surface area contributed by atoms with Gasteiger partial charge in [-0.25, -0.2) is 4.79 Å². The fraction of sp³-hybridized carbons (Fsp3) is 0.154. The molecular weight excluding hydrogens is 220 g/mol. The first kappa shape index (κ1) is 10.9. The van der Waals surface area contributed by atoms with Gasteiger partial charge in [0.2, 0.25) is 0 Å². The summed E-state index contributed by atoms with van der Waals surface area (Å²) < 4.78 is 0. The van der Waals surface area contributed by atoms with Crippen molar-refractivity contribution in [2.75, 3.05) is 0 Å². The van der Waals surface area contributed by atoms with Gasteiger partial charge in [-0.1, -0.05) is 6.07 Å². The minimum absolute atomic E-state index is 0.343. The second-order valence-corrected chi connectivity index (χ2v) is 4.68. The maximum Gasteiger partial charge on any atom is 0.335 e. The minimum atomic E-state index is -0.877. The molecule has 0 aliphatic heterocycles. The van der Waals surface area contributed by atoms with Gasteiger partial charge in [0.1, 0.15) is 0 Å². The van der Waals surface area contributed by atoms with Crippen LogP contribution >= 0.6 is 11.3 Å². The van der Waals surface area contributed by atoms with Crippen LogP contribution in [0.1, 0.15) is 21.5 Å². The summed E-state index contributed by atoms with van der Waals surface area (Å²) in [4.78, 5) is 12.0. The molecule has 2 nitrogen and oxygen atoms in total. The molecule has 0 spiro atoms. The largest absolute Gasteiger partial charge is 0.478 e. The Balaban J connectivity index is 2.52. The van der Waals surface area contributed by atoms with Crippen LogP contribution in [0, 0.1) is 13.8 Å². The monoisotopic (exact) mass is 232 g/mol. The quantitative estimate of drug-likeness (QED) is 0.856. The lowest BCUT2D eigenvalue weighted by Gasteiger charge is -2.06. The lowest BCUT2D eigenvalue weighted by Crippen LogP contribution is -1.97. The molecule has 1 aromatic heterocycles. The van der Waals surface area contributed by atoms with Crippen molar-refractivity contribution in [3.8, 4) is 10.4 Å². The topological polar surface area (TPSA) is 37.3 Å². The van der Waals surface area contributed by atoms with E-state index in [2.05, 4.69) is 18.4 Å². The third-order valence-electron chi connectivity index (χ3n) is 2.58. The van der Waals surface area contributed by atoms with E-state index < -0.39 is 5.97 Å². The van der Waals surface area contributed by atoms with Gasteiger partial charge in [0.15, 0.2) is 0 Å². The van der Waals surface area contributed by atoms with Crippen LogP contribution in [0.3, 0.4) is 0 Å². The number of hydrogen-bond acceptors (Lipinski definition) is 2. The first-order chi connectivity index (χ1) is 7.59. The van der Waals surface area contributed by atoms with Gasteiger partial charge < -0.3 is 5.11 Å². The number of carboxylic acids is 1. The second kappa shape index (κ2) is 4.10. The van der Waals surface area contributed by atoms with E-state index in [9.17, 15) is 4.79 Å². The lowest BCUT2D eigenvalue weighted by molar-refractivity contribution is 0.0697. The molecule has 0 saturated heterocycles. The summed E-state index contributed by atoms with van der Waals surface area (Å²) in [6.45, 7) is 4.01. The van der Waals surface area contributed by atoms with Crippen LogP contribution in [0.2, 0.25) is 0 Å². The fourth-order valence-electron chi connectivity index (χ4n) is 1.70. The molecule has 0 aliphatic rings. The van der Waals surface area contributed by atoms with Crippen LogP contribution in [0.4, 0.5) is 0 Å². The van der Waals surface area contributed by atoms with Crippen LogP contribution < -0.4 is 0 Å². The van der Waals surface area contributed by atoms with Crippen molar-refractivity contribution in [2.45, 2.75) is 13.8 Å². The molecule has 0 saturated carbocycles. The first-order valence-corrected chi connectivity index (χ1v) is 5.86. The normalized spacial score (nSPS) is 10.4. The molecule has 2 aromatic rings. The Bertz CT molecular complexity index is 541. The zero-order valence-electron chi connectivity index (χ0n) is 9.15. The molecule has 1 aromatic carbocycles. The standard InChI is InChI=1S/C13H12O2S/c1-8-5-6-16-12(8)11-4-3-10(13(14)15)7-9(11)2/h3-7H,1-2H3,(H,14,15). The van der Waals surface area contributed by atoms with Crippen molar-refractivity contribution >= 4 is 17.3 Å². The van der Waals surface area contributed by atoms with Gasteiger partial charge in [0, 0.05) is 4.88 Å². The average Bonchev–Trinajstić information content (AvgIpc) is 2.64. The second-order valence-electron chi connectivity index (χ2n) is 3.77. The molecule has 82 valence electrons. The molecule has 3 heteroatoms. The van der Waals surface area contributed by atoms with E-state index in [4.69, 9.17) is 5.11 Å². The van der Waals surface area contributed by atoms with Crippen LogP contribution in [0.25, 0.3) is 10.4 Å². The predicted molar refractivity (Wildman–Crippen MR) is 66.2 cm³/mol. The van der Waals surface area contributed by atoms with Gasteiger partial charge in [0.05, 0.1) is 5.56 Å². The molecule has 0 radical (unpaired) electrons. The zero-order valence-corrected chi connectivity index (χ0v) is 9.97. The van der Waals surface area contributed by atoms with Gasteiger partial charge in [-0.3, -0.25) is 0 Å². The number of carbonyl (C=O) groups is 1. The van der Waals surface area contributed by atoms with Gasteiger partial charge in [-0.2, -0.15) is 0 Å². The van der Waals surface area contributed by atoms with Gasteiger partial charge in [-0.05, 0) is 54.1 Å². The van der Waals surface area contributed by atoms with Crippen molar-refractivity contribution in [1.29, 1.82) is 0 Å². The van der Waals surface area contributed by atoms with E-state index in [0.29, 0.717) is 5.56 Å². The Morgan fingerprint density at radius 1 is 1.19 bits per heavy atom. The van der Waals surface area contributed by atoms with E-state index >= 15 is 0 Å². The van der Waals surface area contributed by atoms with Crippen molar-refractivity contribution < 1.29 is 9.90 Å². The summed E-state index contributed by atoms with van der Waals surface area (Å²) in [5.41, 5.74) is 3.70. The highest BCUT2D eigenvalue weighted by molar-refractivity contribution is 7.13. The Labute approximate surface area is 98.2 Å². The van der Waals surface area contributed by atoms with Crippen LogP contribution in [-0.2, 0) is 0 Å². The Morgan fingerprint density at radius 3 is 2.44 bits per heavy atom. The number of thiophene rings is 1. The molecule has 0 atom stereocenters. The molecule has 0 fully saturated rings. The van der Waals surface area contributed by atoms with E-state index in [1.807, 2.05) is 13.0 Å². The third-order valence-corrected chi connectivity index (χ3v) is 3.63. The molecule has 16 heavy (non-hydrogen) atoms. The third kappa shape index (κ3) is 1.86. The van der Waals surface area contributed by atoms with E-state index in [1.165, 1.54) is 10.4 Å². The van der Waals surface area contributed by atoms with Crippen LogP contribution in [0.5, 0.6) is 0 Å². The van der Waals surface area contributed by atoms with Crippen LogP contribution in [-0.4, -0.2) is 11.1 Å². The van der Waals surface area contributed by atoms with Gasteiger partial charge >= 0.3 is 5.97 Å². The molecule has 0 unspecified atom stereocenters. The highest BCUT2D eigenvalue weighted by Gasteiger charge is 2.09. The van der Waals surface area contributed by atoms with Crippen molar-refractivity contribution in [1.82, 2.24) is 0 Å². The average molecular weight is 232 g/mol. The Morgan fingerprint density at radius 2 is 1.94 bits per heavy atom. The first-order valence-electron chi connectivity index (χ1n) is 4.98. The lowest BCUT2D eigenvalue weighted by atomic mass is 10.0. The molecule has 0 aliphatic carbocycles. The van der Waals surface area contributed by atoms with Gasteiger partial charge in [0.25, 0.3) is 0 Å². The van der Waals surface area contributed by atoms with Crippen molar-refractivity contribution in [3.05, 3.63) is 46.3 Å². The summed E-state index contributed by atoms with van der Waals surface area (Å²) >= 11 is 1.68. The number of aryl methyl sites for hydroxylation is 2. The number of carboxylic acid groups (broad SMARTS) is 1. The Kier molecular flexibility index (Phi) is 2.79. The van der Waals surface area contributed by atoms with Crippen molar-refractivity contribution in [3.63, 3.8) is 0 Å². The maximum atomic E-state index is 10.8. The predicted octanol–water partition coefficient (Wildman–Crippen LogP) is 3.73. The number of rotatable bonds is 2. The van der Waals surface area contributed by atoms with E-state index in [-0.39, 0.29) is 0 Å². The SMILES string of the molecule is Cc1cc(C(=O)O)ccc1-c1sccc1C. The van der Waals surface area contributed by atoms with Gasteiger partial charge in [-0.15, -0.1) is 11.3 Å². The molecule has 0 amide bonds. The van der Waals surface area contributed by atoms with Crippen LogP contribution in [0.15, 0.2) is 29.6 Å². The Hall–Kier alpha value is -1.61. The zero-order chi connectivity index (χ0) is 11.7. The molecular formula is C13H12O2S. The highest BCUT2D eigenvalue weighted by atomic mass is 32.1. The number of hydrogen-bond donors (Lipinski definition) is 1. The molecule has 1 N–H and O–H groups in total. The smallest absolute Gasteiger partial charge is 0.335 e. The summed E-state index contributed by atoms with van der Waals surface area (Å²) in [7, 11) is 0. The van der Waals surface area contributed by atoms with E-state index in [0.717, 1.165) is 11.1 Å². The van der Waals surface area contributed by atoms with Crippen molar-refractivity contribution in [2.24, 2.45) is 0 Å². The number of aromatic carboxylic acids is 1. The summed E-state index contributed by atoms with van der Waals surface area (Å²) in [6, 6.07) is 7.34. The number of benzene rings is 1. The van der Waals surface area contributed by atoms with E-state index in [1.54, 1.807) is 23.5 Å². The fourth-order valence-corrected chi connectivity index (χ4v) is 2.72. The molecule has 0 bridgehead atoms. The summed E-state index contributed by atoms with van der Waals surface area (Å²) in [5, 5.41) is 10.9. The maximum absolute atomic E-state index is 10.8. The minimum Gasteiger partial charge on any atom is -0.478 e. The highest BCUT2D eigenvalue weighted by Crippen LogP contribution is 2.31. The summed E-state index contributed by atoms with van der Waals surface area (Å²) in [6.07, 6.45) is 0. The summed E-state index contributed by atoms with van der Waals surface area (Å²) in [5.74, 6) is -0.877.